The molecule has 0 aliphatic heterocycles. The zero-order valence-corrected chi connectivity index (χ0v) is 21.6. The summed E-state index contributed by atoms with van der Waals surface area (Å²) in [6, 6.07) is 0.871. The van der Waals surface area contributed by atoms with E-state index in [0.29, 0.717) is 0 Å². The van der Waals surface area contributed by atoms with Crippen LogP contribution in [0, 0.1) is 19.8 Å². The van der Waals surface area contributed by atoms with E-state index in [-0.39, 0.29) is 0 Å². The van der Waals surface area contributed by atoms with Crippen LogP contribution in [-0.4, -0.2) is 25.0 Å². The van der Waals surface area contributed by atoms with Crippen LogP contribution in [0.2, 0.25) is 0 Å². The highest BCUT2D eigenvalue weighted by Gasteiger charge is 2.18. The van der Waals surface area contributed by atoms with Crippen LogP contribution in [0.25, 0.3) is 5.57 Å². The van der Waals surface area contributed by atoms with Crippen molar-refractivity contribution in [2.75, 3.05) is 14.1 Å². The van der Waals surface area contributed by atoms with Gasteiger partial charge in [-0.2, -0.15) is 0 Å². The van der Waals surface area contributed by atoms with Crippen LogP contribution >= 0.6 is 11.3 Å². The minimum Gasteiger partial charge on any atom is -0.306 e. The van der Waals surface area contributed by atoms with Crippen LogP contribution in [0.15, 0.2) is 19.2 Å². The van der Waals surface area contributed by atoms with Crippen LogP contribution in [0.1, 0.15) is 94.5 Å². The number of nitrogens with zero attached hydrogens (tertiary/aromatic N) is 1. The van der Waals surface area contributed by atoms with Crippen LogP contribution in [0.5, 0.6) is 0 Å². The van der Waals surface area contributed by atoms with E-state index in [0.717, 1.165) is 12.0 Å². The Balaban J connectivity index is 0. The van der Waals surface area contributed by atoms with Gasteiger partial charge < -0.3 is 4.90 Å². The molecule has 2 rings (SSSR count). The van der Waals surface area contributed by atoms with Crippen molar-refractivity contribution in [3.63, 3.8) is 0 Å². The van der Waals surface area contributed by atoms with Gasteiger partial charge in [-0.3, -0.25) is 0 Å². The number of aryl methyl sites for hydroxylation is 2. The number of hydrogen-bond donors (Lipinski definition) is 0. The Morgan fingerprint density at radius 1 is 1.11 bits per heavy atom. The predicted octanol–water partition coefficient (Wildman–Crippen LogP) is 8.70. The van der Waals surface area contributed by atoms with Gasteiger partial charge >= 0.3 is 0 Å². The number of rotatable bonds is 4. The third-order valence-corrected chi connectivity index (χ3v) is 6.09. The van der Waals surface area contributed by atoms with Crippen molar-refractivity contribution in [3.05, 3.63) is 40.1 Å². The fourth-order valence-electron chi connectivity index (χ4n) is 3.60. The maximum absolute atomic E-state index is 4.05. The summed E-state index contributed by atoms with van der Waals surface area (Å²) < 4.78 is 0. The Morgan fingerprint density at radius 2 is 1.57 bits per heavy atom. The Kier molecular flexibility index (Phi) is 17.9. The Morgan fingerprint density at radius 3 is 1.93 bits per heavy atom. The molecule has 1 heterocycles. The van der Waals surface area contributed by atoms with E-state index in [9.17, 15) is 0 Å². The van der Waals surface area contributed by atoms with Gasteiger partial charge in [-0.25, -0.2) is 0 Å². The topological polar surface area (TPSA) is 3.24 Å². The molecule has 1 nitrogen and oxygen atoms in total. The van der Waals surface area contributed by atoms with Gasteiger partial charge in [0.15, 0.2) is 0 Å². The first kappa shape index (κ1) is 29.3. The molecule has 1 saturated carbocycles. The van der Waals surface area contributed by atoms with E-state index in [1.807, 2.05) is 32.1 Å². The molecule has 2 heteroatoms. The van der Waals surface area contributed by atoms with Crippen LogP contribution in [0.3, 0.4) is 0 Å². The van der Waals surface area contributed by atoms with Gasteiger partial charge in [-0.1, -0.05) is 46.8 Å². The first-order valence-corrected chi connectivity index (χ1v) is 12.0. The van der Waals surface area contributed by atoms with Crippen molar-refractivity contribution in [2.24, 2.45) is 5.92 Å². The summed E-state index contributed by atoms with van der Waals surface area (Å²) in [5.74, 6) is 0.983. The van der Waals surface area contributed by atoms with Crippen LogP contribution in [0.4, 0.5) is 0 Å². The van der Waals surface area contributed by atoms with Gasteiger partial charge in [-0.15, -0.1) is 17.9 Å². The quantitative estimate of drug-likeness (QED) is 0.451. The molecule has 1 fully saturated rings. The molecule has 1 aliphatic rings. The lowest BCUT2D eigenvalue weighted by atomic mass is 9.87. The molecule has 0 saturated heterocycles. The number of allylic oxidation sites excluding steroid dienone is 2. The number of hydrogen-bond acceptors (Lipinski definition) is 2. The molecule has 0 bridgehead atoms. The molecule has 1 aliphatic carbocycles. The minimum atomic E-state index is 0.871. The van der Waals surface area contributed by atoms with Crippen molar-refractivity contribution in [3.8, 4) is 0 Å². The summed E-state index contributed by atoms with van der Waals surface area (Å²) in [7, 11) is 4.39. The second kappa shape index (κ2) is 17.0. The zero-order valence-electron chi connectivity index (χ0n) is 20.7. The third kappa shape index (κ3) is 11.2. The van der Waals surface area contributed by atoms with Gasteiger partial charge in [0.2, 0.25) is 0 Å². The van der Waals surface area contributed by atoms with Gasteiger partial charge in [0.1, 0.15) is 0 Å². The van der Waals surface area contributed by atoms with Crippen molar-refractivity contribution in [1.29, 1.82) is 0 Å². The minimum absolute atomic E-state index is 0.871. The molecular formula is C26H49NS. The van der Waals surface area contributed by atoms with Crippen molar-refractivity contribution in [1.82, 2.24) is 4.90 Å². The zero-order chi connectivity index (χ0) is 22.3. The first-order valence-electron chi connectivity index (χ1n) is 11.2. The third-order valence-electron chi connectivity index (χ3n) is 5.03. The predicted molar refractivity (Wildman–Crippen MR) is 135 cm³/mol. The molecule has 0 unspecified atom stereocenters. The SMILES string of the molecule is C=C(C)c1c(C)sc(C)c1CCC.C=CC.CC.CC1CCC(N(C)C)CC1. The molecule has 0 aromatic carbocycles. The smallest absolute Gasteiger partial charge is 0.00947 e. The van der Waals surface area contributed by atoms with Crippen molar-refractivity contribution in [2.45, 2.75) is 100.0 Å². The molecule has 28 heavy (non-hydrogen) atoms. The Bertz CT molecular complexity index is 531. The average Bonchev–Trinajstić information content (AvgIpc) is 2.92. The van der Waals surface area contributed by atoms with Gasteiger partial charge in [-0.05, 0) is 96.5 Å². The molecule has 0 spiro atoms. The van der Waals surface area contributed by atoms with E-state index in [2.05, 4.69) is 66.8 Å². The van der Waals surface area contributed by atoms with E-state index >= 15 is 0 Å². The van der Waals surface area contributed by atoms with Gasteiger partial charge in [0.25, 0.3) is 0 Å². The standard InChI is InChI=1S/C12H18S.C9H19N.C3H6.C2H6/c1-6-7-11-9(4)13-10(5)12(11)8(2)3;1-8-4-6-9(7-5-8)10(2)3;1-3-2;1-2/h2,6-7H2,1,3-5H3;8-9H,4-7H2,1-3H3;3H,1H2,2H3;1-2H3. The first-order chi connectivity index (χ1) is 13.2. The van der Waals surface area contributed by atoms with Gasteiger partial charge in [0.05, 0.1) is 0 Å². The monoisotopic (exact) mass is 407 g/mol. The maximum atomic E-state index is 4.05. The van der Waals surface area contributed by atoms with E-state index in [4.69, 9.17) is 0 Å². The molecule has 164 valence electrons. The summed E-state index contributed by atoms with van der Waals surface area (Å²) in [5, 5.41) is 0. The fraction of sp³-hybridized carbons (Fsp3) is 0.692. The summed E-state index contributed by atoms with van der Waals surface area (Å²) in [6.07, 6.45) is 9.85. The molecule has 1 aromatic rings. The Hall–Kier alpha value is -0.860. The second-order valence-corrected chi connectivity index (χ2v) is 9.31. The molecule has 0 radical (unpaired) electrons. The van der Waals surface area contributed by atoms with Crippen LogP contribution in [-0.2, 0) is 6.42 Å². The molecule has 0 amide bonds. The van der Waals surface area contributed by atoms with Crippen molar-refractivity contribution < 1.29 is 0 Å². The van der Waals surface area contributed by atoms with E-state index < -0.39 is 0 Å². The second-order valence-electron chi connectivity index (χ2n) is 7.88. The van der Waals surface area contributed by atoms with E-state index in [1.165, 1.54) is 65.0 Å². The lowest BCUT2D eigenvalue weighted by Crippen LogP contribution is -2.31. The summed E-state index contributed by atoms with van der Waals surface area (Å²) in [6.45, 7) is 24.4. The van der Waals surface area contributed by atoms with E-state index in [1.54, 1.807) is 6.08 Å². The highest BCUT2D eigenvalue weighted by Crippen LogP contribution is 2.32. The average molecular weight is 408 g/mol. The molecule has 0 N–H and O–H groups in total. The summed E-state index contributed by atoms with van der Waals surface area (Å²) in [5.41, 5.74) is 4.16. The van der Waals surface area contributed by atoms with Crippen molar-refractivity contribution >= 4 is 16.9 Å². The normalized spacial score (nSPS) is 18.0. The molecule has 0 atom stereocenters. The molecule has 1 aromatic heterocycles. The summed E-state index contributed by atoms with van der Waals surface area (Å²) >= 11 is 1.90. The maximum Gasteiger partial charge on any atom is 0.00947 e. The fourth-order valence-corrected chi connectivity index (χ4v) is 4.78. The highest BCUT2D eigenvalue weighted by atomic mass is 32.1. The Labute approximate surface area is 181 Å². The lowest BCUT2D eigenvalue weighted by Gasteiger charge is -2.30. The number of thiophene rings is 1. The largest absolute Gasteiger partial charge is 0.306 e. The van der Waals surface area contributed by atoms with Gasteiger partial charge in [0, 0.05) is 15.8 Å². The highest BCUT2D eigenvalue weighted by molar-refractivity contribution is 7.12. The van der Waals surface area contributed by atoms with Crippen LogP contribution < -0.4 is 0 Å². The lowest BCUT2D eigenvalue weighted by molar-refractivity contribution is 0.200. The molecular weight excluding hydrogens is 358 g/mol. The summed E-state index contributed by atoms with van der Waals surface area (Å²) in [4.78, 5) is 5.26.